The van der Waals surface area contributed by atoms with Crippen molar-refractivity contribution in [2.24, 2.45) is 7.05 Å². The number of nitrogens with zero attached hydrogens (tertiary/aromatic N) is 6. The van der Waals surface area contributed by atoms with Gasteiger partial charge in [-0.3, -0.25) is 4.68 Å². The summed E-state index contributed by atoms with van der Waals surface area (Å²) in [6, 6.07) is 2.37. The third-order valence-electron chi connectivity index (χ3n) is 3.59. The second-order valence-corrected chi connectivity index (χ2v) is 4.96. The first kappa shape index (κ1) is 11.8. The van der Waals surface area contributed by atoms with E-state index in [0.29, 0.717) is 17.4 Å². The first-order valence-electron chi connectivity index (χ1n) is 6.36. The first-order valence-corrected chi connectivity index (χ1v) is 6.36. The summed E-state index contributed by atoms with van der Waals surface area (Å²) in [6.45, 7) is 0. The highest BCUT2D eigenvalue weighted by molar-refractivity contribution is 5.45. The Morgan fingerprint density at radius 2 is 2.16 bits per heavy atom. The molecule has 3 rings (SSSR count). The fourth-order valence-electron chi connectivity index (χ4n) is 2.50. The molecule has 0 bridgehead atoms. The standard InChI is InChI=1S/C12H14N6O/c1-18-7-9(15-17-18)10-14-11(19-16-10)12(8-13)5-3-2-4-6-12/h7H,2-6H2,1H3. The molecule has 0 spiro atoms. The van der Waals surface area contributed by atoms with Crippen LogP contribution < -0.4 is 0 Å². The van der Waals surface area contributed by atoms with Gasteiger partial charge in [0.1, 0.15) is 5.41 Å². The van der Waals surface area contributed by atoms with E-state index in [1.807, 2.05) is 0 Å². The predicted octanol–water partition coefficient (Wildman–Crippen LogP) is 1.59. The van der Waals surface area contributed by atoms with Gasteiger partial charge in [0.2, 0.25) is 11.7 Å². The molecule has 0 aliphatic heterocycles. The molecular weight excluding hydrogens is 244 g/mol. The van der Waals surface area contributed by atoms with Crippen LogP contribution in [0.5, 0.6) is 0 Å². The SMILES string of the molecule is Cn1cc(-c2noc(C3(C#N)CCCCC3)n2)nn1. The highest BCUT2D eigenvalue weighted by atomic mass is 16.5. The van der Waals surface area contributed by atoms with Crippen molar-refractivity contribution in [2.75, 3.05) is 0 Å². The molecule has 2 heterocycles. The van der Waals surface area contributed by atoms with Gasteiger partial charge in [-0.15, -0.1) is 5.10 Å². The molecule has 0 atom stereocenters. The zero-order valence-electron chi connectivity index (χ0n) is 10.7. The monoisotopic (exact) mass is 258 g/mol. The van der Waals surface area contributed by atoms with Crippen LogP contribution in [0.15, 0.2) is 10.7 Å². The second-order valence-electron chi connectivity index (χ2n) is 4.96. The smallest absolute Gasteiger partial charge is 0.247 e. The maximum absolute atomic E-state index is 9.47. The number of aryl methyl sites for hydroxylation is 1. The number of hydrogen-bond donors (Lipinski definition) is 0. The fraction of sp³-hybridized carbons (Fsp3) is 0.583. The van der Waals surface area contributed by atoms with E-state index < -0.39 is 5.41 Å². The third-order valence-corrected chi connectivity index (χ3v) is 3.59. The first-order chi connectivity index (χ1) is 9.23. The Hall–Kier alpha value is -2.23. The molecule has 0 amide bonds. The normalized spacial score (nSPS) is 18.1. The molecule has 0 aromatic carbocycles. The number of aromatic nitrogens is 5. The highest BCUT2D eigenvalue weighted by Crippen LogP contribution is 2.38. The molecule has 0 unspecified atom stereocenters. The average molecular weight is 258 g/mol. The quantitative estimate of drug-likeness (QED) is 0.812. The molecule has 19 heavy (non-hydrogen) atoms. The summed E-state index contributed by atoms with van der Waals surface area (Å²) in [4.78, 5) is 4.34. The van der Waals surface area contributed by atoms with Gasteiger partial charge in [-0.25, -0.2) is 0 Å². The van der Waals surface area contributed by atoms with Gasteiger partial charge in [-0.05, 0) is 12.8 Å². The summed E-state index contributed by atoms with van der Waals surface area (Å²) < 4.78 is 6.88. The molecule has 2 aromatic rings. The minimum absolute atomic E-state index is 0.392. The molecule has 1 saturated carbocycles. The lowest BCUT2D eigenvalue weighted by Crippen LogP contribution is -2.27. The van der Waals surface area contributed by atoms with Crippen molar-refractivity contribution in [1.82, 2.24) is 25.1 Å². The largest absolute Gasteiger partial charge is 0.337 e. The Bertz CT molecular complexity index is 616. The van der Waals surface area contributed by atoms with E-state index in [0.717, 1.165) is 32.1 Å². The minimum Gasteiger partial charge on any atom is -0.337 e. The van der Waals surface area contributed by atoms with Gasteiger partial charge in [-0.2, -0.15) is 10.2 Å². The van der Waals surface area contributed by atoms with E-state index in [1.54, 1.807) is 17.9 Å². The molecule has 98 valence electrons. The van der Waals surface area contributed by atoms with Crippen LogP contribution in [0.3, 0.4) is 0 Å². The zero-order valence-corrected chi connectivity index (χ0v) is 10.7. The van der Waals surface area contributed by atoms with Crippen molar-refractivity contribution in [3.05, 3.63) is 12.1 Å². The van der Waals surface area contributed by atoms with E-state index in [4.69, 9.17) is 4.52 Å². The van der Waals surface area contributed by atoms with Crippen molar-refractivity contribution in [1.29, 1.82) is 5.26 Å². The lowest BCUT2D eigenvalue weighted by atomic mass is 9.75. The lowest BCUT2D eigenvalue weighted by Gasteiger charge is -2.26. The van der Waals surface area contributed by atoms with E-state index in [2.05, 4.69) is 26.5 Å². The lowest BCUT2D eigenvalue weighted by molar-refractivity contribution is 0.264. The molecule has 1 aliphatic rings. The summed E-state index contributed by atoms with van der Waals surface area (Å²) in [7, 11) is 1.77. The topological polar surface area (TPSA) is 93.4 Å². The summed E-state index contributed by atoms with van der Waals surface area (Å²) >= 11 is 0. The number of nitriles is 1. The molecule has 7 nitrogen and oxygen atoms in total. The van der Waals surface area contributed by atoms with Gasteiger partial charge in [0.05, 0.1) is 12.3 Å². The van der Waals surface area contributed by atoms with E-state index in [1.165, 1.54) is 0 Å². The zero-order chi connectivity index (χ0) is 13.3. The average Bonchev–Trinajstić information content (AvgIpc) is 3.08. The third kappa shape index (κ3) is 1.99. The summed E-state index contributed by atoms with van der Waals surface area (Å²) in [5, 5.41) is 21.2. The molecule has 0 radical (unpaired) electrons. The van der Waals surface area contributed by atoms with Gasteiger partial charge in [0.15, 0.2) is 5.69 Å². The van der Waals surface area contributed by atoms with Gasteiger partial charge in [0.25, 0.3) is 0 Å². The molecule has 1 aliphatic carbocycles. The van der Waals surface area contributed by atoms with Crippen molar-refractivity contribution < 1.29 is 4.52 Å². The molecule has 7 heteroatoms. The Balaban J connectivity index is 1.94. The minimum atomic E-state index is -0.619. The van der Waals surface area contributed by atoms with Crippen LogP contribution in [-0.4, -0.2) is 25.1 Å². The van der Waals surface area contributed by atoms with E-state index in [9.17, 15) is 5.26 Å². The van der Waals surface area contributed by atoms with Crippen LogP contribution >= 0.6 is 0 Å². The second kappa shape index (κ2) is 4.46. The van der Waals surface area contributed by atoms with Crippen molar-refractivity contribution in [3.8, 4) is 17.6 Å². The highest BCUT2D eigenvalue weighted by Gasteiger charge is 2.39. The Labute approximate surface area is 110 Å². The van der Waals surface area contributed by atoms with E-state index >= 15 is 0 Å². The van der Waals surface area contributed by atoms with Crippen LogP contribution in [0.1, 0.15) is 38.0 Å². The molecule has 0 saturated heterocycles. The van der Waals surface area contributed by atoms with Crippen LogP contribution in [0.4, 0.5) is 0 Å². The van der Waals surface area contributed by atoms with Gasteiger partial charge in [-0.1, -0.05) is 29.6 Å². The Kier molecular flexibility index (Phi) is 2.78. The maximum atomic E-state index is 9.47. The number of rotatable bonds is 2. The predicted molar refractivity (Wildman–Crippen MR) is 64.7 cm³/mol. The van der Waals surface area contributed by atoms with Crippen LogP contribution in [-0.2, 0) is 12.5 Å². The van der Waals surface area contributed by atoms with E-state index in [-0.39, 0.29) is 0 Å². The molecule has 1 fully saturated rings. The molecular formula is C12H14N6O. The maximum Gasteiger partial charge on any atom is 0.247 e. The van der Waals surface area contributed by atoms with Crippen LogP contribution in [0.25, 0.3) is 11.5 Å². The van der Waals surface area contributed by atoms with Crippen molar-refractivity contribution >= 4 is 0 Å². The Morgan fingerprint density at radius 3 is 2.79 bits per heavy atom. The fourth-order valence-corrected chi connectivity index (χ4v) is 2.50. The van der Waals surface area contributed by atoms with Gasteiger partial charge >= 0.3 is 0 Å². The Morgan fingerprint density at radius 1 is 1.37 bits per heavy atom. The van der Waals surface area contributed by atoms with Crippen molar-refractivity contribution in [2.45, 2.75) is 37.5 Å². The summed E-state index contributed by atoms with van der Waals surface area (Å²) in [5.74, 6) is 0.804. The van der Waals surface area contributed by atoms with Gasteiger partial charge < -0.3 is 4.52 Å². The molecule has 2 aromatic heterocycles. The summed E-state index contributed by atoms with van der Waals surface area (Å²) in [5.41, 5.74) is -0.0625. The molecule has 0 N–H and O–H groups in total. The van der Waals surface area contributed by atoms with Crippen LogP contribution in [0.2, 0.25) is 0 Å². The van der Waals surface area contributed by atoms with Crippen molar-refractivity contribution in [3.63, 3.8) is 0 Å². The van der Waals surface area contributed by atoms with Gasteiger partial charge in [0, 0.05) is 7.05 Å². The number of hydrogen-bond acceptors (Lipinski definition) is 6. The van der Waals surface area contributed by atoms with Crippen LogP contribution in [0, 0.1) is 11.3 Å². The summed E-state index contributed by atoms with van der Waals surface area (Å²) in [6.07, 6.45) is 6.49.